The third kappa shape index (κ3) is 8.40. The smallest absolute Gasteiger partial charge is 1.00 e. The third-order valence-corrected chi connectivity index (χ3v) is 8.40. The van der Waals surface area contributed by atoms with E-state index in [4.69, 9.17) is 0 Å². The van der Waals surface area contributed by atoms with Crippen molar-refractivity contribution < 1.29 is 58.9 Å². The molecule has 29 heavy (non-hydrogen) atoms. The van der Waals surface area contributed by atoms with Crippen LogP contribution < -0.4 is 42.4 Å². The van der Waals surface area contributed by atoms with Crippen LogP contribution in [0.5, 0.6) is 0 Å². The first-order chi connectivity index (χ1) is 12.2. The van der Waals surface area contributed by atoms with Crippen molar-refractivity contribution in [3.63, 3.8) is 0 Å². The Balaban J connectivity index is 0. The minimum atomic E-state index is -1.22. The van der Waals surface area contributed by atoms with Gasteiger partial charge in [0.05, 0.1) is 8.80 Å². The van der Waals surface area contributed by atoms with Crippen molar-refractivity contribution in [1.82, 2.24) is 0 Å². The number of rotatable bonds is 7. The maximum absolute atomic E-state index is 3.76. The van der Waals surface area contributed by atoms with Gasteiger partial charge in [0.2, 0.25) is 0 Å². The molecule has 1 unspecified atom stereocenters. The van der Waals surface area contributed by atoms with Crippen LogP contribution in [0.25, 0.3) is 5.57 Å². The topological polar surface area (TPSA) is 0 Å². The SMILES string of the molecule is CCCCC[SiH](C1=[C-]CC=C1c1ccccc1)c1cc(C)cc(C)c1.[Cl-].[Cl-].[Cl-].[Ti+4]. The molecule has 0 aromatic heterocycles. The van der Waals surface area contributed by atoms with E-state index in [0.717, 1.165) is 6.42 Å². The van der Waals surface area contributed by atoms with Crippen molar-refractivity contribution in [2.75, 3.05) is 0 Å². The zero-order chi connectivity index (χ0) is 17.6. The second-order valence-electron chi connectivity index (χ2n) is 7.25. The van der Waals surface area contributed by atoms with Gasteiger partial charge in [-0.15, -0.1) is 12.0 Å². The first-order valence-corrected chi connectivity index (χ1v) is 11.6. The molecule has 0 saturated heterocycles. The summed E-state index contributed by atoms with van der Waals surface area (Å²) in [5.74, 6) is 0. The molecule has 0 radical (unpaired) electrons. The summed E-state index contributed by atoms with van der Waals surface area (Å²) in [7, 11) is -1.22. The quantitative estimate of drug-likeness (QED) is 0.213. The van der Waals surface area contributed by atoms with Crippen LogP contribution in [-0.4, -0.2) is 8.80 Å². The molecule has 3 rings (SSSR count). The average Bonchev–Trinajstić information content (AvgIpc) is 3.08. The minimum Gasteiger partial charge on any atom is -1.00 e. The van der Waals surface area contributed by atoms with Crippen LogP contribution in [0.2, 0.25) is 6.04 Å². The van der Waals surface area contributed by atoms with Gasteiger partial charge in [0, 0.05) is 0 Å². The summed E-state index contributed by atoms with van der Waals surface area (Å²) in [6, 6.07) is 19.4. The van der Waals surface area contributed by atoms with Gasteiger partial charge >= 0.3 is 21.7 Å². The normalized spacial score (nSPS) is 12.9. The molecule has 0 spiro atoms. The van der Waals surface area contributed by atoms with E-state index in [2.05, 4.69) is 81.5 Å². The van der Waals surface area contributed by atoms with E-state index < -0.39 is 8.80 Å². The molecule has 0 bridgehead atoms. The van der Waals surface area contributed by atoms with E-state index in [1.54, 1.807) is 10.4 Å². The van der Waals surface area contributed by atoms with E-state index in [1.165, 1.54) is 47.6 Å². The summed E-state index contributed by atoms with van der Waals surface area (Å²) >= 11 is 0. The summed E-state index contributed by atoms with van der Waals surface area (Å²) in [5, 5.41) is 3.15. The molecule has 0 heterocycles. The van der Waals surface area contributed by atoms with Crippen molar-refractivity contribution >= 4 is 19.6 Å². The summed E-state index contributed by atoms with van der Waals surface area (Å²) in [6.45, 7) is 6.76. The standard InChI is InChI=1S/C24H29Si.3ClH.Ti/c1-4-5-9-15-25(22-17-19(2)16-20(3)18-22)24-14-10-13-23(24)21-11-7-6-8-12-21;;;;/h6-8,11-13,16-18,25H,4-5,9-10,15H2,1-3H3;3*1H;/q-1;;;;+4/p-3. The molecule has 1 aliphatic rings. The van der Waals surface area contributed by atoms with E-state index in [1.807, 2.05) is 0 Å². The number of hydrogen-bond donors (Lipinski definition) is 0. The Hall–Kier alpha value is -0.279. The number of halogens is 3. The van der Waals surface area contributed by atoms with Gasteiger partial charge in [-0.2, -0.15) is 11.6 Å². The van der Waals surface area contributed by atoms with Crippen LogP contribution in [0, 0.1) is 19.9 Å². The van der Waals surface area contributed by atoms with Crippen LogP contribution in [-0.2, 0) is 21.7 Å². The van der Waals surface area contributed by atoms with E-state index in [9.17, 15) is 0 Å². The van der Waals surface area contributed by atoms with Crippen molar-refractivity contribution in [3.05, 3.63) is 82.6 Å². The van der Waals surface area contributed by atoms with Crippen LogP contribution in [0.1, 0.15) is 49.3 Å². The molecule has 2 aromatic carbocycles. The van der Waals surface area contributed by atoms with Gasteiger partial charge in [0.15, 0.2) is 0 Å². The molecule has 1 atom stereocenters. The monoisotopic (exact) mass is 498 g/mol. The zero-order valence-electron chi connectivity index (χ0n) is 17.4. The van der Waals surface area contributed by atoms with Crippen molar-refractivity contribution in [1.29, 1.82) is 0 Å². The van der Waals surface area contributed by atoms with Crippen LogP contribution >= 0.6 is 0 Å². The average molecular weight is 500 g/mol. The Bertz CT molecular complexity index is 768. The molecular formula is C24H29Cl3SiTi. The van der Waals surface area contributed by atoms with Crippen molar-refractivity contribution in [2.45, 2.75) is 52.5 Å². The number of hydrogen-bond acceptors (Lipinski definition) is 0. The molecule has 0 nitrogen and oxygen atoms in total. The van der Waals surface area contributed by atoms with E-state index >= 15 is 0 Å². The molecule has 0 fully saturated rings. The van der Waals surface area contributed by atoms with Crippen LogP contribution in [0.4, 0.5) is 0 Å². The zero-order valence-corrected chi connectivity index (χ0v) is 22.4. The first kappa shape index (κ1) is 30.9. The summed E-state index contributed by atoms with van der Waals surface area (Å²) in [5.41, 5.74) is 5.60. The van der Waals surface area contributed by atoms with Crippen molar-refractivity contribution in [2.24, 2.45) is 0 Å². The second kappa shape index (κ2) is 15.5. The maximum Gasteiger partial charge on any atom is 4.00 e. The number of allylic oxidation sites excluding steroid dienone is 4. The fraction of sp³-hybridized carbons (Fsp3) is 0.333. The predicted octanol–water partition coefficient (Wildman–Crippen LogP) is -3.31. The molecular weight excluding hydrogens is 471 g/mol. The first-order valence-electron chi connectivity index (χ1n) is 9.64. The van der Waals surface area contributed by atoms with Gasteiger partial charge in [-0.05, 0) is 13.8 Å². The Kier molecular flexibility index (Phi) is 16.5. The molecule has 5 heteroatoms. The summed E-state index contributed by atoms with van der Waals surface area (Å²) in [4.78, 5) is 0. The second-order valence-corrected chi connectivity index (χ2v) is 10.2. The van der Waals surface area contributed by atoms with Gasteiger partial charge in [-0.1, -0.05) is 97.1 Å². The van der Waals surface area contributed by atoms with Gasteiger partial charge in [0.1, 0.15) is 0 Å². The molecule has 0 saturated carbocycles. The van der Waals surface area contributed by atoms with E-state index in [-0.39, 0.29) is 58.9 Å². The molecule has 1 aliphatic carbocycles. The predicted molar refractivity (Wildman–Crippen MR) is 113 cm³/mol. The molecule has 0 aliphatic heterocycles. The maximum atomic E-state index is 3.76. The molecule has 0 N–H and O–H groups in total. The largest absolute Gasteiger partial charge is 4.00 e. The Morgan fingerprint density at radius 3 is 2.10 bits per heavy atom. The fourth-order valence-corrected chi connectivity index (χ4v) is 7.56. The molecule has 154 valence electrons. The summed E-state index contributed by atoms with van der Waals surface area (Å²) in [6.07, 6.45) is 11.1. The number of benzene rings is 2. The van der Waals surface area contributed by atoms with E-state index in [0.29, 0.717) is 0 Å². The number of unbranched alkanes of at least 4 members (excludes halogenated alkanes) is 2. The molecule has 0 amide bonds. The van der Waals surface area contributed by atoms with Crippen molar-refractivity contribution in [3.8, 4) is 0 Å². The Labute approximate surface area is 212 Å². The fourth-order valence-electron chi connectivity index (χ4n) is 3.96. The van der Waals surface area contributed by atoms with Crippen LogP contribution in [0.3, 0.4) is 0 Å². The van der Waals surface area contributed by atoms with Gasteiger partial charge in [0.25, 0.3) is 0 Å². The number of aryl methyl sites for hydroxylation is 2. The molecule has 2 aromatic rings. The van der Waals surface area contributed by atoms with Gasteiger partial charge in [-0.25, -0.2) is 5.20 Å². The van der Waals surface area contributed by atoms with Crippen LogP contribution in [0.15, 0.2) is 59.8 Å². The summed E-state index contributed by atoms with van der Waals surface area (Å²) < 4.78 is 0. The Morgan fingerprint density at radius 1 is 0.897 bits per heavy atom. The third-order valence-electron chi connectivity index (χ3n) is 5.06. The van der Waals surface area contributed by atoms with Gasteiger partial charge in [-0.3, -0.25) is 6.08 Å². The minimum absolute atomic E-state index is 0. The van der Waals surface area contributed by atoms with Gasteiger partial charge < -0.3 is 37.2 Å². The Morgan fingerprint density at radius 2 is 1.52 bits per heavy atom.